The summed E-state index contributed by atoms with van der Waals surface area (Å²) in [5, 5.41) is 5.27. The third-order valence-electron chi connectivity index (χ3n) is 5.96. The van der Waals surface area contributed by atoms with E-state index in [0.29, 0.717) is 17.2 Å². The van der Waals surface area contributed by atoms with Crippen LogP contribution in [0, 0.1) is 5.92 Å². The number of carbonyl (C=O) groups is 2. The van der Waals surface area contributed by atoms with E-state index in [1.54, 1.807) is 37.4 Å². The second-order valence-corrected chi connectivity index (χ2v) is 13.2. The molecule has 1 atom stereocenters. The Bertz CT molecular complexity index is 1370. The van der Waals surface area contributed by atoms with Crippen molar-refractivity contribution < 1.29 is 27.3 Å². The number of nitrogens with one attached hydrogen (secondary N) is 1. The number of rotatable bonds is 9. The number of hydrogen-bond donors (Lipinski definition) is 1. The Balaban J connectivity index is 1.50. The summed E-state index contributed by atoms with van der Waals surface area (Å²) in [6, 6.07) is -0.506. The molecule has 1 saturated carbocycles. The van der Waals surface area contributed by atoms with E-state index < -0.39 is 33.4 Å². The van der Waals surface area contributed by atoms with Gasteiger partial charge >= 0.3 is 11.9 Å². The molecule has 2 aromatic rings. The molecule has 1 N–H and O–H groups in total. The van der Waals surface area contributed by atoms with Gasteiger partial charge in [-0.2, -0.15) is 19.4 Å². The van der Waals surface area contributed by atoms with Gasteiger partial charge < -0.3 is 4.74 Å². The van der Waals surface area contributed by atoms with E-state index in [0.717, 1.165) is 39.4 Å². The van der Waals surface area contributed by atoms with E-state index in [9.17, 15) is 18.0 Å². The summed E-state index contributed by atoms with van der Waals surface area (Å²) in [5.41, 5.74) is 0.244. The molecule has 0 saturated heterocycles. The van der Waals surface area contributed by atoms with Crippen molar-refractivity contribution in [3.63, 3.8) is 0 Å². The van der Waals surface area contributed by atoms with Crippen LogP contribution in [0.4, 0.5) is 4.79 Å². The van der Waals surface area contributed by atoms with Gasteiger partial charge in [0.1, 0.15) is 28.3 Å². The van der Waals surface area contributed by atoms with Crippen molar-refractivity contribution in [1.29, 1.82) is 0 Å². The van der Waals surface area contributed by atoms with Crippen LogP contribution in [0.2, 0.25) is 0 Å². The number of carbonyl (C=O) groups excluding carboxylic acids is 2. The number of imide groups is 1. The maximum Gasteiger partial charge on any atom is 0.501 e. The molecule has 5 rings (SSSR count). The van der Waals surface area contributed by atoms with Crippen LogP contribution < -0.4 is 4.72 Å². The van der Waals surface area contributed by atoms with E-state index in [1.807, 2.05) is 6.92 Å². The van der Waals surface area contributed by atoms with Gasteiger partial charge in [-0.05, 0) is 37.6 Å². The molecule has 0 aromatic carbocycles. The molecule has 186 valence electrons. The molecule has 3 amide bonds. The summed E-state index contributed by atoms with van der Waals surface area (Å²) in [7, 11) is -0.488. The molecule has 0 spiro atoms. The van der Waals surface area contributed by atoms with E-state index in [4.69, 9.17) is 4.74 Å². The van der Waals surface area contributed by atoms with Crippen LogP contribution in [0.5, 0.6) is 0 Å². The number of fused-ring (bicyclic) bond motifs is 1. The van der Waals surface area contributed by atoms with Gasteiger partial charge in [0.05, 0.1) is 17.7 Å². The fourth-order valence-corrected chi connectivity index (χ4v) is 7.84. The lowest BCUT2D eigenvalue weighted by Gasteiger charge is -2.23. The van der Waals surface area contributed by atoms with Gasteiger partial charge in [-0.15, -0.1) is 11.3 Å². The molecule has 2 aromatic heterocycles. The van der Waals surface area contributed by atoms with Crippen LogP contribution in [0.15, 0.2) is 28.9 Å². The molecule has 0 radical (unpaired) electrons. The number of hydrogen-bond acceptors (Lipinski definition) is 9. The van der Waals surface area contributed by atoms with Crippen molar-refractivity contribution in [2.24, 2.45) is 13.0 Å². The summed E-state index contributed by atoms with van der Waals surface area (Å²) in [6.45, 7) is 2.41. The number of urea groups is 1. The third-order valence-corrected chi connectivity index (χ3v) is 10.3. The van der Waals surface area contributed by atoms with Gasteiger partial charge in [0.25, 0.3) is 0 Å². The number of ether oxygens (including phenoxy) is 1. The minimum Gasteiger partial charge on any atom is -0.378 e. The standard InChI is InChI=1S/C21H25N6O5S3/c1-21(4-5-21)24-35(30,31)17-6-15-18(28)26(10-13-7-23-25(2)9-13)20(29)27(19(15)34-17)11-14-8-22-16(33-14)12-32-3/h6-9,15,24H,4-5,10-12H2,1-3H3/q+1. The number of aryl methyl sites for hydroxylation is 1. The first-order valence-electron chi connectivity index (χ1n) is 10.9. The van der Waals surface area contributed by atoms with Gasteiger partial charge in [-0.3, -0.25) is 4.68 Å². The molecule has 3 aliphatic rings. The minimum atomic E-state index is -3.82. The molecule has 1 unspecified atom stereocenters. The Morgan fingerprint density at radius 1 is 1.31 bits per heavy atom. The summed E-state index contributed by atoms with van der Waals surface area (Å²) in [5.74, 6) is -1.32. The third kappa shape index (κ3) is 4.85. The minimum absolute atomic E-state index is 0.0420. The lowest BCUT2D eigenvalue weighted by Crippen LogP contribution is -2.52. The molecule has 2 aliphatic heterocycles. The number of methoxy groups -OCH3 is 1. The predicted molar refractivity (Wildman–Crippen MR) is 130 cm³/mol. The first-order valence-corrected chi connectivity index (χ1v) is 14.0. The molecule has 1 fully saturated rings. The predicted octanol–water partition coefficient (Wildman–Crippen LogP) is 1.77. The molecule has 1 aliphatic carbocycles. The van der Waals surface area contributed by atoms with Gasteiger partial charge in [0, 0.05) is 37.7 Å². The van der Waals surface area contributed by atoms with Gasteiger partial charge in [0.2, 0.25) is 10.0 Å². The van der Waals surface area contributed by atoms with Gasteiger partial charge in [0.15, 0.2) is 5.04 Å². The second-order valence-electron chi connectivity index (χ2n) is 9.04. The lowest BCUT2D eigenvalue weighted by atomic mass is 10.1. The normalized spacial score (nSPS) is 21.5. The van der Waals surface area contributed by atoms with Crippen LogP contribution in [0.25, 0.3) is 0 Å². The van der Waals surface area contributed by atoms with Crippen molar-refractivity contribution >= 4 is 50.1 Å². The summed E-state index contributed by atoms with van der Waals surface area (Å²) in [4.78, 5) is 33.3. The average Bonchev–Trinajstić information content (AvgIpc) is 3.21. The Labute approximate surface area is 210 Å². The van der Waals surface area contributed by atoms with Gasteiger partial charge in [-0.1, -0.05) is 0 Å². The highest BCUT2D eigenvalue weighted by atomic mass is 32.3. The first-order chi connectivity index (χ1) is 16.6. The van der Waals surface area contributed by atoms with Crippen molar-refractivity contribution in [2.45, 2.75) is 45.0 Å². The Morgan fingerprint density at radius 2 is 2.09 bits per heavy atom. The second kappa shape index (κ2) is 8.92. The number of thioether (sulfide) groups is 1. The van der Waals surface area contributed by atoms with Crippen LogP contribution in [-0.2, 0) is 46.3 Å². The summed E-state index contributed by atoms with van der Waals surface area (Å²) in [6.07, 6.45) is 7.99. The molecule has 35 heavy (non-hydrogen) atoms. The van der Waals surface area contributed by atoms with E-state index >= 15 is 0 Å². The van der Waals surface area contributed by atoms with Crippen molar-refractivity contribution in [3.05, 3.63) is 44.4 Å². The largest absolute Gasteiger partial charge is 0.501 e. The van der Waals surface area contributed by atoms with Crippen LogP contribution >= 0.6 is 23.1 Å². The zero-order valence-electron chi connectivity index (χ0n) is 19.4. The maximum atomic E-state index is 13.6. The smallest absolute Gasteiger partial charge is 0.378 e. The summed E-state index contributed by atoms with van der Waals surface area (Å²) >= 11 is 2.36. The zero-order chi connectivity index (χ0) is 25.0. The number of sulfonamides is 1. The number of thiazole rings is 1. The Morgan fingerprint density at radius 3 is 2.74 bits per heavy atom. The van der Waals surface area contributed by atoms with Crippen molar-refractivity contribution in [2.75, 3.05) is 7.11 Å². The van der Waals surface area contributed by atoms with Crippen molar-refractivity contribution in [3.8, 4) is 0 Å². The monoisotopic (exact) mass is 537 g/mol. The fourth-order valence-electron chi connectivity index (χ4n) is 3.91. The van der Waals surface area contributed by atoms with E-state index in [1.165, 1.54) is 22.0 Å². The lowest BCUT2D eigenvalue weighted by molar-refractivity contribution is -0.453. The molecular weight excluding hydrogens is 512 g/mol. The number of amides is 3. The van der Waals surface area contributed by atoms with Crippen LogP contribution in [0.1, 0.15) is 35.2 Å². The van der Waals surface area contributed by atoms with Gasteiger partial charge in [-0.25, -0.2) is 22.9 Å². The quantitative estimate of drug-likeness (QED) is 0.480. The highest BCUT2D eigenvalue weighted by Crippen LogP contribution is 2.42. The maximum absolute atomic E-state index is 13.6. The zero-order valence-corrected chi connectivity index (χ0v) is 21.9. The van der Waals surface area contributed by atoms with E-state index in [-0.39, 0.29) is 17.3 Å². The first kappa shape index (κ1) is 24.3. The topological polar surface area (TPSA) is 126 Å². The molecule has 11 nitrogen and oxygen atoms in total. The van der Waals surface area contributed by atoms with Crippen LogP contribution in [-0.4, -0.2) is 62.3 Å². The number of nitrogens with zero attached hydrogens (tertiary/aromatic N) is 5. The molecule has 14 heteroatoms. The molecule has 0 bridgehead atoms. The SMILES string of the molecule is COCc1ncc(C[N+]2=C3SC(S(=O)(=O)NC4(C)CC4)=CC3C(=O)N(Cc3cnn(C)c3)C2=O)s1. The highest BCUT2D eigenvalue weighted by Gasteiger charge is 2.53. The molecular formula is C21H25N6O5S3+. The van der Waals surface area contributed by atoms with E-state index in [2.05, 4.69) is 14.8 Å². The fraction of sp³-hybridized carbons (Fsp3) is 0.476. The Hall–Kier alpha value is -2.39. The summed E-state index contributed by atoms with van der Waals surface area (Å²) < 4.78 is 37.1. The number of aromatic nitrogens is 3. The van der Waals surface area contributed by atoms with Crippen molar-refractivity contribution in [1.82, 2.24) is 24.4 Å². The molecule has 4 heterocycles. The average molecular weight is 538 g/mol. The highest BCUT2D eigenvalue weighted by molar-refractivity contribution is 8.27. The Kier molecular flexibility index (Phi) is 6.20. The van der Waals surface area contributed by atoms with Crippen LogP contribution in [0.3, 0.4) is 0 Å².